The lowest BCUT2D eigenvalue weighted by molar-refractivity contribution is 0.101. The lowest BCUT2D eigenvalue weighted by atomic mass is 10.0. The number of rotatable bonds is 5. The van der Waals surface area contributed by atoms with E-state index in [1.807, 2.05) is 42.5 Å². The van der Waals surface area contributed by atoms with Gasteiger partial charge in [0.25, 0.3) is 0 Å². The van der Waals surface area contributed by atoms with E-state index in [1.165, 1.54) is 16.4 Å². The molecule has 0 unspecified atom stereocenters. The predicted molar refractivity (Wildman–Crippen MR) is 146 cm³/mol. The van der Waals surface area contributed by atoms with Crippen LogP contribution in [0.5, 0.6) is 11.6 Å². The van der Waals surface area contributed by atoms with Gasteiger partial charge in [-0.2, -0.15) is 8.75 Å². The highest BCUT2D eigenvalue weighted by Crippen LogP contribution is 2.48. The molecule has 1 aliphatic heterocycles. The molecule has 0 atom stereocenters. The third kappa shape index (κ3) is 3.73. The van der Waals surface area contributed by atoms with E-state index in [9.17, 15) is 4.79 Å². The Labute approximate surface area is 220 Å². The summed E-state index contributed by atoms with van der Waals surface area (Å²) in [4.78, 5) is 12.7. The van der Waals surface area contributed by atoms with Crippen LogP contribution in [-0.4, -0.2) is 32.7 Å². The van der Waals surface area contributed by atoms with Crippen LogP contribution >= 0.6 is 23.1 Å². The minimum atomic E-state index is -0.719. The summed E-state index contributed by atoms with van der Waals surface area (Å²) in [7, 11) is 0. The maximum Gasteiger partial charge on any atom is 0.515 e. The molecule has 3 aromatic carbocycles. The van der Waals surface area contributed by atoms with Crippen LogP contribution in [0.15, 0.2) is 60.7 Å². The van der Waals surface area contributed by atoms with Crippen LogP contribution in [0.3, 0.4) is 0 Å². The van der Waals surface area contributed by atoms with Crippen molar-refractivity contribution in [3.8, 4) is 22.8 Å². The normalized spacial score (nSPS) is 12.8. The molecule has 0 radical (unpaired) electrons. The topological polar surface area (TPSA) is 75.5 Å². The van der Waals surface area contributed by atoms with Gasteiger partial charge >= 0.3 is 6.16 Å². The van der Waals surface area contributed by atoms with Gasteiger partial charge in [-0.1, -0.05) is 30.3 Å². The number of benzene rings is 3. The number of nitrogens with zero attached hydrogens (tertiary/aromatic N) is 3. The SMILES string of the molecule is CCOC(=O)Oc1c(-c2ccc3c(c2)CCO3)c2sc3ccccc3c2n1Cc1ccc2nsnc2c1. The molecule has 0 aliphatic carbocycles. The lowest BCUT2D eigenvalue weighted by Crippen LogP contribution is -2.14. The summed E-state index contributed by atoms with van der Waals surface area (Å²) in [5.74, 6) is 1.38. The van der Waals surface area contributed by atoms with E-state index in [0.717, 1.165) is 61.1 Å². The molecule has 7 nitrogen and oxygen atoms in total. The number of ether oxygens (including phenoxy) is 3. The number of aromatic nitrogens is 3. The molecule has 9 heteroatoms. The van der Waals surface area contributed by atoms with Crippen molar-refractivity contribution in [3.05, 3.63) is 71.8 Å². The Kier molecular flexibility index (Phi) is 5.33. The highest BCUT2D eigenvalue weighted by atomic mass is 32.1. The van der Waals surface area contributed by atoms with Crippen molar-refractivity contribution in [1.82, 2.24) is 13.3 Å². The molecule has 0 saturated heterocycles. The van der Waals surface area contributed by atoms with Crippen molar-refractivity contribution in [2.24, 2.45) is 0 Å². The second-order valence-corrected chi connectivity index (χ2v) is 10.4. The third-order valence-corrected chi connectivity index (χ3v) is 8.34. The standard InChI is InChI=1S/C28H21N3O4S2/c1-2-33-28(32)35-27-24(18-8-10-22-17(14-18)11-12-34-22)26-25(19-5-3-4-6-23(19)36-26)31(27)15-16-7-9-20-21(13-16)30-37-29-20/h3-10,13-14H,2,11-12,15H2,1H3. The van der Waals surface area contributed by atoms with Gasteiger partial charge < -0.3 is 18.8 Å². The van der Waals surface area contributed by atoms with Gasteiger partial charge in [-0.3, -0.25) is 0 Å². The average Bonchev–Trinajstić information content (AvgIpc) is 3.68. The van der Waals surface area contributed by atoms with E-state index < -0.39 is 6.16 Å². The number of hydrogen-bond acceptors (Lipinski definition) is 8. The summed E-state index contributed by atoms with van der Waals surface area (Å²) in [5.41, 5.74) is 6.82. The monoisotopic (exact) mass is 527 g/mol. The van der Waals surface area contributed by atoms with Gasteiger partial charge in [-0.25, -0.2) is 4.79 Å². The van der Waals surface area contributed by atoms with Crippen molar-refractivity contribution in [1.29, 1.82) is 0 Å². The molecule has 7 rings (SSSR count). The molecule has 0 spiro atoms. The maximum atomic E-state index is 12.7. The largest absolute Gasteiger partial charge is 0.515 e. The number of thiophene rings is 1. The van der Waals surface area contributed by atoms with Gasteiger partial charge in [0, 0.05) is 16.5 Å². The molecule has 1 aliphatic rings. The Morgan fingerprint density at radius 1 is 1.08 bits per heavy atom. The van der Waals surface area contributed by atoms with Crippen molar-refractivity contribution < 1.29 is 19.0 Å². The second kappa shape index (κ2) is 8.86. The van der Waals surface area contributed by atoms with Crippen LogP contribution in [0, 0.1) is 0 Å². The fourth-order valence-corrected chi connectivity index (χ4v) is 6.77. The third-order valence-electron chi connectivity index (χ3n) is 6.60. The van der Waals surface area contributed by atoms with Crippen LogP contribution in [0.1, 0.15) is 18.1 Å². The second-order valence-electron chi connectivity index (χ2n) is 8.84. The van der Waals surface area contributed by atoms with E-state index in [1.54, 1.807) is 18.3 Å². The Bertz CT molecular complexity index is 1820. The van der Waals surface area contributed by atoms with Gasteiger partial charge in [-0.15, -0.1) is 11.3 Å². The van der Waals surface area contributed by atoms with Crippen molar-refractivity contribution >= 4 is 60.6 Å². The van der Waals surface area contributed by atoms with E-state index >= 15 is 0 Å². The van der Waals surface area contributed by atoms with Crippen LogP contribution < -0.4 is 9.47 Å². The number of carbonyl (C=O) groups excluding carboxylic acids is 1. The fourth-order valence-electron chi connectivity index (χ4n) is 4.99. The number of hydrogen-bond donors (Lipinski definition) is 0. The number of fused-ring (bicyclic) bond motifs is 5. The smallest absolute Gasteiger partial charge is 0.493 e. The summed E-state index contributed by atoms with van der Waals surface area (Å²) in [6.07, 6.45) is 0.137. The van der Waals surface area contributed by atoms with E-state index in [0.29, 0.717) is 19.0 Å². The lowest BCUT2D eigenvalue weighted by Gasteiger charge is -2.13. The summed E-state index contributed by atoms with van der Waals surface area (Å²) in [5, 5.41) is 1.11. The van der Waals surface area contributed by atoms with Crippen LogP contribution in [0.25, 0.3) is 42.5 Å². The maximum absolute atomic E-state index is 12.7. The van der Waals surface area contributed by atoms with Crippen LogP contribution in [0.2, 0.25) is 0 Å². The van der Waals surface area contributed by atoms with Crippen molar-refractivity contribution in [2.45, 2.75) is 19.9 Å². The molecule has 0 bridgehead atoms. The molecule has 6 aromatic rings. The molecule has 37 heavy (non-hydrogen) atoms. The molecular formula is C28H21N3O4S2. The van der Waals surface area contributed by atoms with Gasteiger partial charge in [0.1, 0.15) is 16.8 Å². The molecule has 4 heterocycles. The van der Waals surface area contributed by atoms with Crippen LogP contribution in [0.4, 0.5) is 4.79 Å². The van der Waals surface area contributed by atoms with Gasteiger partial charge in [0.05, 0.1) is 47.3 Å². The summed E-state index contributed by atoms with van der Waals surface area (Å²) in [6.45, 7) is 3.17. The summed E-state index contributed by atoms with van der Waals surface area (Å²) >= 11 is 2.90. The molecular weight excluding hydrogens is 506 g/mol. The van der Waals surface area contributed by atoms with Gasteiger partial charge in [-0.05, 0) is 53.9 Å². The zero-order valence-corrected chi connectivity index (χ0v) is 21.5. The first-order valence-corrected chi connectivity index (χ1v) is 13.6. The Hall–Kier alpha value is -3.95. The van der Waals surface area contributed by atoms with Crippen molar-refractivity contribution in [2.75, 3.05) is 13.2 Å². The Balaban J connectivity index is 1.50. The first-order valence-electron chi connectivity index (χ1n) is 12.0. The first-order chi connectivity index (χ1) is 18.2. The number of carbonyl (C=O) groups is 1. The van der Waals surface area contributed by atoms with E-state index in [2.05, 4.69) is 31.5 Å². The molecule has 184 valence electrons. The highest BCUT2D eigenvalue weighted by molar-refractivity contribution is 7.26. The fraction of sp³-hybridized carbons (Fsp3) is 0.179. The van der Waals surface area contributed by atoms with Gasteiger partial charge in [0.15, 0.2) is 0 Å². The minimum absolute atomic E-state index is 0.232. The Morgan fingerprint density at radius 3 is 2.89 bits per heavy atom. The average molecular weight is 528 g/mol. The molecule has 0 N–H and O–H groups in total. The van der Waals surface area contributed by atoms with E-state index in [-0.39, 0.29) is 6.61 Å². The van der Waals surface area contributed by atoms with Crippen molar-refractivity contribution in [3.63, 3.8) is 0 Å². The quantitative estimate of drug-likeness (QED) is 0.224. The summed E-state index contributed by atoms with van der Waals surface area (Å²) < 4.78 is 30.0. The molecule has 0 saturated carbocycles. The minimum Gasteiger partial charge on any atom is -0.493 e. The molecule has 0 amide bonds. The molecule has 3 aromatic heterocycles. The summed E-state index contributed by atoms with van der Waals surface area (Å²) in [6, 6.07) is 20.6. The zero-order chi connectivity index (χ0) is 24.9. The highest BCUT2D eigenvalue weighted by Gasteiger charge is 2.27. The zero-order valence-electron chi connectivity index (χ0n) is 19.9. The predicted octanol–water partition coefficient (Wildman–Crippen LogP) is 7.05. The molecule has 0 fully saturated rings. The van der Waals surface area contributed by atoms with Crippen LogP contribution in [-0.2, 0) is 17.7 Å². The van der Waals surface area contributed by atoms with Gasteiger partial charge in [0.2, 0.25) is 5.88 Å². The first kappa shape index (κ1) is 22.3. The Morgan fingerprint density at radius 2 is 1.97 bits per heavy atom. The van der Waals surface area contributed by atoms with E-state index in [4.69, 9.17) is 14.2 Å².